The van der Waals surface area contributed by atoms with Crippen LogP contribution in [0.4, 0.5) is 0 Å². The fraction of sp³-hybridized carbons (Fsp3) is 0.400. The zero-order valence-electron chi connectivity index (χ0n) is 7.56. The third kappa shape index (κ3) is 2.97. The van der Waals surface area contributed by atoms with Crippen LogP contribution >= 0.6 is 27.5 Å². The molecule has 72 valence electrons. The maximum absolute atomic E-state index is 5.96. The van der Waals surface area contributed by atoms with Gasteiger partial charge in [0.25, 0.3) is 0 Å². The number of nitrogens with two attached hydrogens (primary N) is 1. The summed E-state index contributed by atoms with van der Waals surface area (Å²) in [6.45, 7) is 2.13. The molecule has 0 aliphatic rings. The van der Waals surface area contributed by atoms with Gasteiger partial charge in [-0.15, -0.1) is 0 Å². The average Bonchev–Trinajstić information content (AvgIpc) is 2.10. The van der Waals surface area contributed by atoms with E-state index in [9.17, 15) is 0 Å². The van der Waals surface area contributed by atoms with Crippen molar-refractivity contribution in [2.75, 3.05) is 0 Å². The van der Waals surface area contributed by atoms with E-state index in [1.807, 2.05) is 18.2 Å². The van der Waals surface area contributed by atoms with E-state index in [1.54, 1.807) is 0 Å². The van der Waals surface area contributed by atoms with E-state index in [4.69, 9.17) is 17.3 Å². The Morgan fingerprint density at radius 3 is 2.77 bits per heavy atom. The summed E-state index contributed by atoms with van der Waals surface area (Å²) >= 11 is 9.30. The van der Waals surface area contributed by atoms with Gasteiger partial charge in [-0.05, 0) is 40.0 Å². The average molecular weight is 263 g/mol. The Kier molecular flexibility index (Phi) is 4.23. The van der Waals surface area contributed by atoms with Gasteiger partial charge in [0.15, 0.2) is 0 Å². The largest absolute Gasteiger partial charge is 0.324 e. The summed E-state index contributed by atoms with van der Waals surface area (Å²) < 4.78 is 0.918. The maximum atomic E-state index is 5.96. The Bertz CT molecular complexity index is 288. The first-order chi connectivity index (χ1) is 6.15. The third-order valence-corrected chi connectivity index (χ3v) is 3.20. The smallest absolute Gasteiger partial charge is 0.0551 e. The summed E-state index contributed by atoms with van der Waals surface area (Å²) in [6.07, 6.45) is 2.09. The molecule has 0 radical (unpaired) electrons. The van der Waals surface area contributed by atoms with Crippen molar-refractivity contribution in [1.82, 2.24) is 0 Å². The van der Waals surface area contributed by atoms with E-state index in [0.29, 0.717) is 0 Å². The molecule has 1 nitrogen and oxygen atoms in total. The molecule has 0 fully saturated rings. The highest BCUT2D eigenvalue weighted by Crippen LogP contribution is 2.26. The van der Waals surface area contributed by atoms with E-state index >= 15 is 0 Å². The molecule has 1 aromatic rings. The summed E-state index contributed by atoms with van der Waals surface area (Å²) in [5.41, 5.74) is 7.06. The lowest BCUT2D eigenvalue weighted by Gasteiger charge is -2.11. The van der Waals surface area contributed by atoms with E-state index in [1.165, 1.54) is 0 Å². The van der Waals surface area contributed by atoms with Crippen LogP contribution in [0.5, 0.6) is 0 Å². The van der Waals surface area contributed by atoms with Crippen LogP contribution < -0.4 is 5.73 Å². The van der Waals surface area contributed by atoms with E-state index in [2.05, 4.69) is 22.9 Å². The van der Waals surface area contributed by atoms with Crippen molar-refractivity contribution in [3.8, 4) is 0 Å². The molecule has 0 saturated carbocycles. The fourth-order valence-electron chi connectivity index (χ4n) is 1.22. The highest BCUT2D eigenvalue weighted by molar-refractivity contribution is 9.10. The first kappa shape index (κ1) is 11.0. The lowest BCUT2D eigenvalue weighted by atomic mass is 10.0. The molecule has 0 saturated heterocycles. The van der Waals surface area contributed by atoms with Crippen LogP contribution in [0.15, 0.2) is 22.7 Å². The van der Waals surface area contributed by atoms with Gasteiger partial charge in [-0.1, -0.05) is 31.0 Å². The predicted molar refractivity (Wildman–Crippen MR) is 61.0 cm³/mol. The van der Waals surface area contributed by atoms with Gasteiger partial charge in [0, 0.05) is 10.5 Å². The molecule has 1 aromatic carbocycles. The van der Waals surface area contributed by atoms with E-state index in [0.717, 1.165) is 27.9 Å². The molecule has 0 unspecified atom stereocenters. The van der Waals surface area contributed by atoms with Gasteiger partial charge < -0.3 is 5.73 Å². The van der Waals surface area contributed by atoms with Crippen LogP contribution in [0.25, 0.3) is 0 Å². The number of hydrogen-bond donors (Lipinski definition) is 1. The quantitative estimate of drug-likeness (QED) is 0.878. The van der Waals surface area contributed by atoms with Gasteiger partial charge in [-0.3, -0.25) is 0 Å². The topological polar surface area (TPSA) is 26.0 Å². The zero-order chi connectivity index (χ0) is 9.84. The van der Waals surface area contributed by atoms with Gasteiger partial charge in [0.2, 0.25) is 0 Å². The highest BCUT2D eigenvalue weighted by atomic mass is 79.9. The molecule has 0 heterocycles. The molecule has 3 heteroatoms. The van der Waals surface area contributed by atoms with Gasteiger partial charge in [0.05, 0.1) is 5.02 Å². The maximum Gasteiger partial charge on any atom is 0.0551 e. The second-order valence-electron chi connectivity index (χ2n) is 3.07. The van der Waals surface area contributed by atoms with Crippen molar-refractivity contribution >= 4 is 27.5 Å². The Hall–Kier alpha value is -0.0500. The van der Waals surface area contributed by atoms with Crippen LogP contribution in [0.2, 0.25) is 5.02 Å². The third-order valence-electron chi connectivity index (χ3n) is 1.97. The monoisotopic (exact) mass is 261 g/mol. The first-order valence-corrected chi connectivity index (χ1v) is 5.52. The summed E-state index contributed by atoms with van der Waals surface area (Å²) in [5.74, 6) is 0. The summed E-state index contributed by atoms with van der Waals surface area (Å²) in [6, 6.07) is 5.98. The van der Waals surface area contributed by atoms with Crippen molar-refractivity contribution in [1.29, 1.82) is 0 Å². The molecule has 0 spiro atoms. The molecular weight excluding hydrogens is 249 g/mol. The minimum Gasteiger partial charge on any atom is -0.324 e. The molecule has 0 aliphatic heterocycles. The first-order valence-electron chi connectivity index (χ1n) is 4.35. The standard InChI is InChI=1S/C10H13BrClN/c1-2-3-10(13)7-4-5-8(11)9(12)6-7/h4-6,10H,2-3,13H2,1H3/t10-/m1/s1. The second kappa shape index (κ2) is 4.99. The van der Waals surface area contributed by atoms with Gasteiger partial charge in [-0.25, -0.2) is 0 Å². The Morgan fingerprint density at radius 1 is 1.54 bits per heavy atom. The van der Waals surface area contributed by atoms with Crippen molar-refractivity contribution in [3.05, 3.63) is 33.3 Å². The number of hydrogen-bond acceptors (Lipinski definition) is 1. The minimum absolute atomic E-state index is 0.107. The molecule has 0 aromatic heterocycles. The molecular formula is C10H13BrClN. The summed E-state index contributed by atoms with van der Waals surface area (Å²) in [5, 5.41) is 0.726. The molecule has 2 N–H and O–H groups in total. The van der Waals surface area contributed by atoms with Crippen molar-refractivity contribution < 1.29 is 0 Å². The second-order valence-corrected chi connectivity index (χ2v) is 4.33. The lowest BCUT2D eigenvalue weighted by molar-refractivity contribution is 0.638. The molecule has 1 rings (SSSR count). The summed E-state index contributed by atoms with van der Waals surface area (Å²) in [4.78, 5) is 0. The number of halogens is 2. The SMILES string of the molecule is CCC[C@@H](N)c1ccc(Br)c(Cl)c1. The normalized spacial score (nSPS) is 12.9. The molecule has 13 heavy (non-hydrogen) atoms. The predicted octanol–water partition coefficient (Wildman–Crippen LogP) is 3.90. The molecule has 0 amide bonds. The molecule has 0 bridgehead atoms. The Balaban J connectivity index is 2.84. The van der Waals surface area contributed by atoms with Crippen LogP contribution in [-0.2, 0) is 0 Å². The fourth-order valence-corrected chi connectivity index (χ4v) is 1.66. The highest BCUT2D eigenvalue weighted by Gasteiger charge is 2.06. The Morgan fingerprint density at radius 2 is 2.23 bits per heavy atom. The van der Waals surface area contributed by atoms with Gasteiger partial charge in [-0.2, -0.15) is 0 Å². The van der Waals surface area contributed by atoms with Gasteiger partial charge >= 0.3 is 0 Å². The van der Waals surface area contributed by atoms with E-state index in [-0.39, 0.29) is 6.04 Å². The van der Waals surface area contributed by atoms with Gasteiger partial charge in [0.1, 0.15) is 0 Å². The minimum atomic E-state index is 0.107. The van der Waals surface area contributed by atoms with Crippen molar-refractivity contribution in [2.45, 2.75) is 25.8 Å². The van der Waals surface area contributed by atoms with Crippen LogP contribution in [0.3, 0.4) is 0 Å². The molecule has 0 aliphatic carbocycles. The van der Waals surface area contributed by atoms with Crippen LogP contribution in [0.1, 0.15) is 31.4 Å². The molecule has 1 atom stereocenters. The van der Waals surface area contributed by atoms with Crippen LogP contribution in [-0.4, -0.2) is 0 Å². The number of benzene rings is 1. The van der Waals surface area contributed by atoms with E-state index < -0.39 is 0 Å². The summed E-state index contributed by atoms with van der Waals surface area (Å²) in [7, 11) is 0. The van der Waals surface area contributed by atoms with Crippen LogP contribution in [0, 0.1) is 0 Å². The lowest BCUT2D eigenvalue weighted by Crippen LogP contribution is -2.09. The van der Waals surface area contributed by atoms with Crippen molar-refractivity contribution in [3.63, 3.8) is 0 Å². The Labute approximate surface area is 92.4 Å². The number of rotatable bonds is 3. The van der Waals surface area contributed by atoms with Crippen molar-refractivity contribution in [2.24, 2.45) is 5.73 Å². The zero-order valence-corrected chi connectivity index (χ0v) is 9.90.